The molecule has 1 aromatic rings. The number of urea groups is 1. The Labute approximate surface area is 136 Å². The molecule has 122 valence electrons. The minimum absolute atomic E-state index is 0.0996. The zero-order valence-electron chi connectivity index (χ0n) is 13.3. The molecule has 2 amide bonds. The molecule has 1 unspecified atom stereocenters. The van der Waals surface area contributed by atoms with Crippen LogP contribution in [0.5, 0.6) is 0 Å². The van der Waals surface area contributed by atoms with E-state index in [0.29, 0.717) is 31.3 Å². The van der Waals surface area contributed by atoms with Crippen molar-refractivity contribution in [3.05, 3.63) is 34.9 Å². The number of carbonyl (C=O) groups excluding carboxylic acids is 1. The van der Waals surface area contributed by atoms with Crippen molar-refractivity contribution in [3.63, 3.8) is 0 Å². The molecular formula is C16H23ClN2O3. The summed E-state index contributed by atoms with van der Waals surface area (Å²) >= 11 is 6.04. The highest BCUT2D eigenvalue weighted by molar-refractivity contribution is 6.30. The van der Waals surface area contributed by atoms with Crippen molar-refractivity contribution in [2.24, 2.45) is 0 Å². The average Bonchev–Trinajstić information content (AvgIpc) is 2.47. The quantitative estimate of drug-likeness (QED) is 0.866. The largest absolute Gasteiger partial charge is 0.383 e. The van der Waals surface area contributed by atoms with E-state index in [4.69, 9.17) is 21.1 Å². The van der Waals surface area contributed by atoms with Crippen molar-refractivity contribution in [1.82, 2.24) is 10.2 Å². The summed E-state index contributed by atoms with van der Waals surface area (Å²) in [6, 6.07) is 7.47. The van der Waals surface area contributed by atoms with Crippen LogP contribution in [-0.4, -0.2) is 49.9 Å². The minimum Gasteiger partial charge on any atom is -0.383 e. The standard InChI is InChI=1S/C16H23ClN2O3/c1-16(2)11-22-14(12-5-4-6-13(17)9-12)10-19(16)15(20)18-7-8-21-3/h4-6,9,14H,7-8,10-11H2,1-3H3,(H,18,20). The van der Waals surface area contributed by atoms with Gasteiger partial charge in [-0.1, -0.05) is 23.7 Å². The highest BCUT2D eigenvalue weighted by Gasteiger charge is 2.38. The number of amides is 2. The van der Waals surface area contributed by atoms with Gasteiger partial charge in [0, 0.05) is 18.7 Å². The fourth-order valence-electron chi connectivity index (χ4n) is 2.47. The third-order valence-corrected chi connectivity index (χ3v) is 4.00. The van der Waals surface area contributed by atoms with E-state index in [1.807, 2.05) is 43.0 Å². The Hall–Kier alpha value is -1.30. The maximum Gasteiger partial charge on any atom is 0.318 e. The molecule has 1 heterocycles. The van der Waals surface area contributed by atoms with Crippen LogP contribution in [0.3, 0.4) is 0 Å². The van der Waals surface area contributed by atoms with Crippen LogP contribution in [0.1, 0.15) is 25.5 Å². The van der Waals surface area contributed by atoms with Crippen LogP contribution in [0.25, 0.3) is 0 Å². The Morgan fingerprint density at radius 1 is 1.55 bits per heavy atom. The zero-order chi connectivity index (χ0) is 16.2. The van der Waals surface area contributed by atoms with Crippen molar-refractivity contribution < 1.29 is 14.3 Å². The monoisotopic (exact) mass is 326 g/mol. The maximum absolute atomic E-state index is 12.4. The second-order valence-corrected chi connectivity index (χ2v) is 6.44. The Kier molecular flexibility index (Phi) is 5.67. The molecule has 0 aromatic heterocycles. The Bertz CT molecular complexity index is 522. The van der Waals surface area contributed by atoms with Crippen LogP contribution in [0.4, 0.5) is 4.79 Å². The first kappa shape index (κ1) is 17.1. The van der Waals surface area contributed by atoms with Crippen molar-refractivity contribution in [3.8, 4) is 0 Å². The van der Waals surface area contributed by atoms with Crippen molar-refractivity contribution in [2.45, 2.75) is 25.5 Å². The molecular weight excluding hydrogens is 304 g/mol. The summed E-state index contributed by atoms with van der Waals surface area (Å²) in [6.45, 7) is 5.95. The molecule has 0 radical (unpaired) electrons. The lowest BCUT2D eigenvalue weighted by molar-refractivity contribution is -0.0804. The van der Waals surface area contributed by atoms with E-state index in [2.05, 4.69) is 5.32 Å². The molecule has 0 saturated carbocycles. The summed E-state index contributed by atoms with van der Waals surface area (Å²) in [5.41, 5.74) is 0.629. The van der Waals surface area contributed by atoms with E-state index in [1.165, 1.54) is 0 Å². The lowest BCUT2D eigenvalue weighted by atomic mass is 9.98. The van der Waals surface area contributed by atoms with Gasteiger partial charge in [0.1, 0.15) is 6.10 Å². The summed E-state index contributed by atoms with van der Waals surface area (Å²) in [5, 5.41) is 3.54. The molecule has 22 heavy (non-hydrogen) atoms. The number of halogens is 1. The van der Waals surface area contributed by atoms with E-state index in [9.17, 15) is 4.79 Å². The smallest absolute Gasteiger partial charge is 0.318 e. The number of nitrogens with zero attached hydrogens (tertiary/aromatic N) is 1. The molecule has 0 spiro atoms. The van der Waals surface area contributed by atoms with Gasteiger partial charge in [-0.05, 0) is 31.5 Å². The first-order valence-corrected chi connectivity index (χ1v) is 7.73. The van der Waals surface area contributed by atoms with Gasteiger partial charge in [0.15, 0.2) is 0 Å². The van der Waals surface area contributed by atoms with E-state index in [0.717, 1.165) is 5.56 Å². The molecule has 0 bridgehead atoms. The third kappa shape index (κ3) is 4.12. The van der Waals surface area contributed by atoms with Gasteiger partial charge in [-0.25, -0.2) is 4.79 Å². The van der Waals surface area contributed by atoms with Gasteiger partial charge >= 0.3 is 6.03 Å². The Balaban J connectivity index is 2.08. The number of carbonyl (C=O) groups is 1. The number of ether oxygens (including phenoxy) is 2. The molecule has 2 rings (SSSR count). The molecule has 1 aliphatic heterocycles. The van der Waals surface area contributed by atoms with Crippen LogP contribution in [-0.2, 0) is 9.47 Å². The average molecular weight is 327 g/mol. The summed E-state index contributed by atoms with van der Waals surface area (Å²) in [5.74, 6) is 0. The molecule has 1 atom stereocenters. The molecule has 6 heteroatoms. The molecule has 1 saturated heterocycles. The molecule has 0 aliphatic carbocycles. The lowest BCUT2D eigenvalue weighted by Gasteiger charge is -2.45. The number of benzene rings is 1. The van der Waals surface area contributed by atoms with Crippen molar-refractivity contribution in [1.29, 1.82) is 0 Å². The van der Waals surface area contributed by atoms with E-state index < -0.39 is 0 Å². The SMILES string of the molecule is COCCNC(=O)N1CC(c2cccc(Cl)c2)OCC1(C)C. The number of hydrogen-bond acceptors (Lipinski definition) is 3. The Morgan fingerprint density at radius 2 is 2.32 bits per heavy atom. The van der Waals surface area contributed by atoms with Gasteiger partial charge in [-0.2, -0.15) is 0 Å². The van der Waals surface area contributed by atoms with E-state index in [-0.39, 0.29) is 17.7 Å². The van der Waals surface area contributed by atoms with Gasteiger partial charge in [0.25, 0.3) is 0 Å². The van der Waals surface area contributed by atoms with Crippen LogP contribution in [0.2, 0.25) is 5.02 Å². The van der Waals surface area contributed by atoms with Gasteiger partial charge in [-0.3, -0.25) is 0 Å². The molecule has 1 aromatic carbocycles. The van der Waals surface area contributed by atoms with E-state index >= 15 is 0 Å². The minimum atomic E-state index is -0.355. The van der Waals surface area contributed by atoms with Gasteiger partial charge in [0.2, 0.25) is 0 Å². The summed E-state index contributed by atoms with van der Waals surface area (Å²) < 4.78 is 10.9. The molecule has 1 N–H and O–H groups in total. The van der Waals surface area contributed by atoms with Crippen molar-refractivity contribution in [2.75, 3.05) is 33.4 Å². The van der Waals surface area contributed by atoms with Crippen molar-refractivity contribution >= 4 is 17.6 Å². The van der Waals surface area contributed by atoms with Crippen LogP contribution in [0, 0.1) is 0 Å². The highest BCUT2D eigenvalue weighted by Crippen LogP contribution is 2.31. The fraction of sp³-hybridized carbons (Fsp3) is 0.562. The molecule has 5 nitrogen and oxygen atoms in total. The van der Waals surface area contributed by atoms with Crippen LogP contribution < -0.4 is 5.32 Å². The number of methoxy groups -OCH3 is 1. The number of morpholine rings is 1. The van der Waals surface area contributed by atoms with Gasteiger partial charge in [-0.15, -0.1) is 0 Å². The lowest BCUT2D eigenvalue weighted by Crippen LogP contribution is -2.59. The second kappa shape index (κ2) is 7.31. The fourth-order valence-corrected chi connectivity index (χ4v) is 2.67. The van der Waals surface area contributed by atoms with Crippen LogP contribution in [0.15, 0.2) is 24.3 Å². The molecule has 1 aliphatic rings. The van der Waals surface area contributed by atoms with Crippen LogP contribution >= 0.6 is 11.6 Å². The summed E-state index contributed by atoms with van der Waals surface area (Å²) in [7, 11) is 1.61. The first-order valence-electron chi connectivity index (χ1n) is 7.35. The van der Waals surface area contributed by atoms with E-state index in [1.54, 1.807) is 7.11 Å². The normalized spacial score (nSPS) is 20.7. The Morgan fingerprint density at radius 3 is 3.00 bits per heavy atom. The number of rotatable bonds is 4. The second-order valence-electron chi connectivity index (χ2n) is 6.00. The predicted molar refractivity (Wildman–Crippen MR) is 86.2 cm³/mol. The van der Waals surface area contributed by atoms with Gasteiger partial charge in [0.05, 0.1) is 25.3 Å². The number of nitrogens with one attached hydrogen (secondary N) is 1. The highest BCUT2D eigenvalue weighted by atomic mass is 35.5. The summed E-state index contributed by atoms with van der Waals surface area (Å²) in [6.07, 6.45) is -0.167. The first-order chi connectivity index (χ1) is 10.4. The molecule has 1 fully saturated rings. The topological polar surface area (TPSA) is 50.8 Å². The third-order valence-electron chi connectivity index (χ3n) is 3.76. The summed E-state index contributed by atoms with van der Waals surface area (Å²) in [4.78, 5) is 14.2. The zero-order valence-corrected chi connectivity index (χ0v) is 14.0. The maximum atomic E-state index is 12.4. The van der Waals surface area contributed by atoms with Gasteiger partial charge < -0.3 is 19.7 Å². The number of hydrogen-bond donors (Lipinski definition) is 1. The predicted octanol–water partition coefficient (Wildman–Crippen LogP) is 2.85.